The zero-order chi connectivity index (χ0) is 11.5. The molecule has 1 aromatic carbocycles. The number of aromatic nitrogens is 2. The van der Waals surface area contributed by atoms with Gasteiger partial charge in [0.15, 0.2) is 0 Å². The molecule has 2 rings (SSSR count). The zero-order valence-corrected chi connectivity index (χ0v) is 9.67. The minimum atomic E-state index is 0.205. The van der Waals surface area contributed by atoms with E-state index in [2.05, 4.69) is 31.1 Å². The summed E-state index contributed by atoms with van der Waals surface area (Å²) in [5.41, 5.74) is 7.16. The van der Waals surface area contributed by atoms with Crippen LogP contribution in [0.4, 0.5) is 5.82 Å². The molecule has 1 aromatic heterocycles. The molecule has 1 heterocycles. The minimum Gasteiger partial charge on any atom is -0.384 e. The molecule has 1 unspecified atom stereocenters. The zero-order valence-electron chi connectivity index (χ0n) is 9.67. The standard InChI is InChI=1S/C13H17N3/c1-10(2)13(11-6-4-3-5-7-11)16-12(14)8-9-15-16/h3-10,13H,14H2,1-2H3. The van der Waals surface area contributed by atoms with Crippen LogP contribution in [-0.2, 0) is 0 Å². The SMILES string of the molecule is CC(C)C(c1ccccc1)n1nccc1N. The van der Waals surface area contributed by atoms with Gasteiger partial charge in [0, 0.05) is 0 Å². The van der Waals surface area contributed by atoms with E-state index < -0.39 is 0 Å². The van der Waals surface area contributed by atoms with Gasteiger partial charge in [0.1, 0.15) is 5.82 Å². The van der Waals surface area contributed by atoms with Gasteiger partial charge in [-0.3, -0.25) is 0 Å². The van der Waals surface area contributed by atoms with E-state index in [0.717, 1.165) is 0 Å². The summed E-state index contributed by atoms with van der Waals surface area (Å²) in [6, 6.07) is 12.4. The topological polar surface area (TPSA) is 43.8 Å². The highest BCUT2D eigenvalue weighted by atomic mass is 15.3. The van der Waals surface area contributed by atoms with Gasteiger partial charge in [0.2, 0.25) is 0 Å². The molecule has 0 fully saturated rings. The average molecular weight is 215 g/mol. The van der Waals surface area contributed by atoms with Crippen molar-refractivity contribution in [3.8, 4) is 0 Å². The smallest absolute Gasteiger partial charge is 0.122 e. The number of hydrogen-bond acceptors (Lipinski definition) is 2. The summed E-state index contributed by atoms with van der Waals surface area (Å²) < 4.78 is 1.89. The van der Waals surface area contributed by atoms with Gasteiger partial charge in [-0.05, 0) is 17.5 Å². The first-order chi connectivity index (χ1) is 7.70. The molecule has 84 valence electrons. The van der Waals surface area contributed by atoms with Crippen LogP contribution in [0.15, 0.2) is 42.6 Å². The fraction of sp³-hybridized carbons (Fsp3) is 0.308. The van der Waals surface area contributed by atoms with Crippen LogP contribution in [0.1, 0.15) is 25.5 Å². The predicted octanol–water partition coefficient (Wildman–Crippen LogP) is 2.71. The Kier molecular flexibility index (Phi) is 2.95. The molecule has 16 heavy (non-hydrogen) atoms. The van der Waals surface area contributed by atoms with Crippen LogP contribution in [0.25, 0.3) is 0 Å². The molecule has 0 aliphatic heterocycles. The lowest BCUT2D eigenvalue weighted by molar-refractivity contribution is 0.407. The minimum absolute atomic E-state index is 0.205. The summed E-state index contributed by atoms with van der Waals surface area (Å²) in [7, 11) is 0. The van der Waals surface area contributed by atoms with Crippen LogP contribution in [0, 0.1) is 5.92 Å². The second-order valence-corrected chi connectivity index (χ2v) is 4.30. The van der Waals surface area contributed by atoms with E-state index in [0.29, 0.717) is 11.7 Å². The van der Waals surface area contributed by atoms with Gasteiger partial charge in [-0.25, -0.2) is 4.68 Å². The highest BCUT2D eigenvalue weighted by Gasteiger charge is 2.19. The van der Waals surface area contributed by atoms with Crippen LogP contribution in [-0.4, -0.2) is 9.78 Å². The Morgan fingerprint density at radius 2 is 1.81 bits per heavy atom. The molecule has 2 aromatic rings. The molecular weight excluding hydrogens is 198 g/mol. The number of anilines is 1. The Hall–Kier alpha value is -1.77. The predicted molar refractivity (Wildman–Crippen MR) is 66.1 cm³/mol. The summed E-state index contributed by atoms with van der Waals surface area (Å²) in [6.45, 7) is 4.36. The van der Waals surface area contributed by atoms with E-state index >= 15 is 0 Å². The maximum absolute atomic E-state index is 5.92. The highest BCUT2D eigenvalue weighted by molar-refractivity contribution is 5.30. The van der Waals surface area contributed by atoms with Gasteiger partial charge in [-0.1, -0.05) is 44.2 Å². The van der Waals surface area contributed by atoms with Crippen molar-refractivity contribution in [3.05, 3.63) is 48.2 Å². The molecule has 0 radical (unpaired) electrons. The van der Waals surface area contributed by atoms with Crippen LogP contribution >= 0.6 is 0 Å². The molecule has 3 heteroatoms. The molecule has 1 atom stereocenters. The number of nitrogens with two attached hydrogens (primary N) is 1. The third kappa shape index (κ3) is 1.94. The number of hydrogen-bond donors (Lipinski definition) is 1. The van der Waals surface area contributed by atoms with Gasteiger partial charge in [0.05, 0.1) is 12.2 Å². The van der Waals surface area contributed by atoms with Crippen molar-refractivity contribution < 1.29 is 0 Å². The molecule has 0 spiro atoms. The first kappa shape index (κ1) is 10.7. The summed E-state index contributed by atoms with van der Waals surface area (Å²) >= 11 is 0. The van der Waals surface area contributed by atoms with E-state index in [4.69, 9.17) is 5.73 Å². The fourth-order valence-electron chi connectivity index (χ4n) is 2.02. The van der Waals surface area contributed by atoms with Gasteiger partial charge in [0.25, 0.3) is 0 Å². The Labute approximate surface area is 95.9 Å². The lowest BCUT2D eigenvalue weighted by Gasteiger charge is -2.23. The summed E-state index contributed by atoms with van der Waals surface area (Å²) in [6.07, 6.45) is 1.74. The van der Waals surface area contributed by atoms with Crippen molar-refractivity contribution in [3.63, 3.8) is 0 Å². The first-order valence-corrected chi connectivity index (χ1v) is 5.54. The highest BCUT2D eigenvalue weighted by Crippen LogP contribution is 2.27. The average Bonchev–Trinajstić information content (AvgIpc) is 2.66. The second-order valence-electron chi connectivity index (χ2n) is 4.30. The van der Waals surface area contributed by atoms with Crippen LogP contribution < -0.4 is 5.73 Å². The normalized spacial score (nSPS) is 12.9. The van der Waals surface area contributed by atoms with Crippen molar-refractivity contribution in [2.24, 2.45) is 5.92 Å². The molecule has 2 N–H and O–H groups in total. The van der Waals surface area contributed by atoms with E-state index in [1.165, 1.54) is 5.56 Å². The van der Waals surface area contributed by atoms with Gasteiger partial charge in [-0.2, -0.15) is 5.10 Å². The Balaban J connectivity index is 2.43. The maximum atomic E-state index is 5.92. The van der Waals surface area contributed by atoms with Crippen LogP contribution in [0.2, 0.25) is 0 Å². The van der Waals surface area contributed by atoms with Crippen molar-refractivity contribution in [2.75, 3.05) is 5.73 Å². The van der Waals surface area contributed by atoms with Gasteiger partial charge in [-0.15, -0.1) is 0 Å². The second kappa shape index (κ2) is 4.39. The summed E-state index contributed by atoms with van der Waals surface area (Å²) in [5.74, 6) is 1.16. The Morgan fingerprint density at radius 3 is 2.31 bits per heavy atom. The van der Waals surface area contributed by atoms with Crippen LogP contribution in [0.3, 0.4) is 0 Å². The van der Waals surface area contributed by atoms with Crippen LogP contribution in [0.5, 0.6) is 0 Å². The van der Waals surface area contributed by atoms with E-state index in [1.807, 2.05) is 28.9 Å². The van der Waals surface area contributed by atoms with E-state index in [1.54, 1.807) is 6.20 Å². The van der Waals surface area contributed by atoms with Gasteiger partial charge >= 0.3 is 0 Å². The van der Waals surface area contributed by atoms with Crippen molar-refractivity contribution in [1.82, 2.24) is 9.78 Å². The number of rotatable bonds is 3. The number of nitrogens with zero attached hydrogens (tertiary/aromatic N) is 2. The Bertz CT molecular complexity index is 445. The lowest BCUT2D eigenvalue weighted by Crippen LogP contribution is -2.19. The van der Waals surface area contributed by atoms with Crippen molar-refractivity contribution in [1.29, 1.82) is 0 Å². The molecule has 0 saturated heterocycles. The lowest BCUT2D eigenvalue weighted by atomic mass is 9.96. The molecule has 0 aliphatic rings. The summed E-state index contributed by atoms with van der Waals surface area (Å²) in [5, 5.41) is 4.31. The molecule has 0 saturated carbocycles. The molecule has 0 amide bonds. The third-order valence-corrected chi connectivity index (χ3v) is 2.74. The van der Waals surface area contributed by atoms with E-state index in [9.17, 15) is 0 Å². The largest absolute Gasteiger partial charge is 0.384 e. The molecule has 3 nitrogen and oxygen atoms in total. The Morgan fingerprint density at radius 1 is 1.12 bits per heavy atom. The monoisotopic (exact) mass is 215 g/mol. The van der Waals surface area contributed by atoms with Crippen molar-refractivity contribution in [2.45, 2.75) is 19.9 Å². The molecule has 0 bridgehead atoms. The summed E-state index contributed by atoms with van der Waals surface area (Å²) in [4.78, 5) is 0. The number of benzene rings is 1. The molecule has 0 aliphatic carbocycles. The first-order valence-electron chi connectivity index (χ1n) is 5.54. The maximum Gasteiger partial charge on any atom is 0.122 e. The fourth-order valence-corrected chi connectivity index (χ4v) is 2.02. The van der Waals surface area contributed by atoms with Crippen molar-refractivity contribution >= 4 is 5.82 Å². The molecular formula is C13H17N3. The quantitative estimate of drug-likeness (QED) is 0.855. The number of nitrogen functional groups attached to an aromatic ring is 1. The third-order valence-electron chi connectivity index (χ3n) is 2.74. The van der Waals surface area contributed by atoms with Gasteiger partial charge < -0.3 is 5.73 Å². The van der Waals surface area contributed by atoms with E-state index in [-0.39, 0.29) is 6.04 Å².